The monoisotopic (exact) mass is 592 g/mol. The van der Waals surface area contributed by atoms with Crippen molar-refractivity contribution in [1.29, 1.82) is 0 Å². The maximum atomic E-state index is 13.5. The molecule has 43 heavy (non-hydrogen) atoms. The van der Waals surface area contributed by atoms with Crippen molar-refractivity contribution in [2.24, 2.45) is 5.92 Å². The molecule has 4 rings (SSSR count). The molecule has 0 spiro atoms. The molecule has 2 aromatic rings. The summed E-state index contributed by atoms with van der Waals surface area (Å²) >= 11 is 0. The Balaban J connectivity index is 1.40. The number of allylic oxidation sites excluding steroid dienone is 1. The molecule has 3 atom stereocenters. The van der Waals surface area contributed by atoms with Gasteiger partial charge in [0, 0.05) is 36.3 Å². The molecule has 0 saturated heterocycles. The van der Waals surface area contributed by atoms with Gasteiger partial charge >= 0.3 is 0 Å². The van der Waals surface area contributed by atoms with E-state index in [0.717, 1.165) is 99.7 Å². The number of carbonyl (C=O) groups is 1. The molecular formula is C36H60N6O. The number of nitrogens with two attached hydrogens (primary N) is 1. The van der Waals surface area contributed by atoms with Crippen LogP contribution in [0.1, 0.15) is 159 Å². The highest BCUT2D eigenvalue weighted by Gasteiger charge is 2.27. The molecule has 2 aliphatic carbocycles. The van der Waals surface area contributed by atoms with Crippen molar-refractivity contribution in [1.82, 2.24) is 25.0 Å². The summed E-state index contributed by atoms with van der Waals surface area (Å²) in [4.78, 5) is 23.2. The number of hydrogen-bond acceptors (Lipinski definition) is 5. The van der Waals surface area contributed by atoms with Gasteiger partial charge in [0.15, 0.2) is 0 Å². The van der Waals surface area contributed by atoms with E-state index in [1.165, 1.54) is 57.8 Å². The Kier molecular flexibility index (Phi) is 13.8. The summed E-state index contributed by atoms with van der Waals surface area (Å²) in [5.74, 6) is 2.23. The van der Waals surface area contributed by atoms with Crippen LogP contribution in [0.3, 0.4) is 0 Å². The van der Waals surface area contributed by atoms with Crippen LogP contribution in [0, 0.1) is 5.92 Å². The zero-order valence-corrected chi connectivity index (χ0v) is 27.3. The molecule has 2 aliphatic rings. The number of fused-ring (bicyclic) bond motifs is 1. The first-order valence-corrected chi connectivity index (χ1v) is 17.8. The number of nitrogen functional groups attached to an aromatic ring is 1. The molecule has 7 nitrogen and oxygen atoms in total. The van der Waals surface area contributed by atoms with Gasteiger partial charge < -0.3 is 16.4 Å². The van der Waals surface area contributed by atoms with E-state index >= 15 is 0 Å². The minimum absolute atomic E-state index is 0.129. The van der Waals surface area contributed by atoms with Gasteiger partial charge in [-0.15, -0.1) is 0 Å². The number of nitrogens with zero attached hydrogens (tertiary/aromatic N) is 3. The third kappa shape index (κ3) is 9.79. The fraction of sp³-hybridized carbons (Fsp3) is 0.750. The van der Waals surface area contributed by atoms with Crippen molar-refractivity contribution < 1.29 is 4.79 Å². The number of aromatic nitrogens is 3. The summed E-state index contributed by atoms with van der Waals surface area (Å²) in [6, 6.07) is 0.918. The van der Waals surface area contributed by atoms with E-state index in [-0.39, 0.29) is 5.92 Å². The predicted molar refractivity (Wildman–Crippen MR) is 180 cm³/mol. The average molecular weight is 593 g/mol. The van der Waals surface area contributed by atoms with E-state index < -0.39 is 0 Å². The topological polar surface area (TPSA) is 97.3 Å². The van der Waals surface area contributed by atoms with Gasteiger partial charge in [-0.3, -0.25) is 9.20 Å². The molecule has 2 fully saturated rings. The molecule has 2 saturated carbocycles. The van der Waals surface area contributed by atoms with Crippen molar-refractivity contribution in [3.63, 3.8) is 0 Å². The smallest absolute Gasteiger partial charge is 0.223 e. The van der Waals surface area contributed by atoms with E-state index in [0.29, 0.717) is 29.7 Å². The van der Waals surface area contributed by atoms with Crippen molar-refractivity contribution >= 4 is 22.8 Å². The third-order valence-corrected chi connectivity index (χ3v) is 10.2. The molecule has 0 radical (unpaired) electrons. The van der Waals surface area contributed by atoms with Crippen molar-refractivity contribution in [3.05, 3.63) is 30.5 Å². The number of imidazole rings is 1. The molecule has 0 bridgehead atoms. The van der Waals surface area contributed by atoms with Crippen molar-refractivity contribution in [2.45, 2.75) is 160 Å². The lowest BCUT2D eigenvalue weighted by molar-refractivity contribution is -0.126. The second-order valence-corrected chi connectivity index (χ2v) is 13.5. The average Bonchev–Trinajstić information content (AvgIpc) is 3.45. The van der Waals surface area contributed by atoms with Crippen LogP contribution in [-0.4, -0.2) is 39.4 Å². The number of carbonyl (C=O) groups excluding carboxylic acids is 1. The zero-order chi connectivity index (χ0) is 30.4. The summed E-state index contributed by atoms with van der Waals surface area (Å²) in [7, 11) is 2.06. The van der Waals surface area contributed by atoms with Crippen LogP contribution in [0.2, 0.25) is 0 Å². The van der Waals surface area contributed by atoms with Gasteiger partial charge in [-0.25, -0.2) is 9.97 Å². The maximum Gasteiger partial charge on any atom is 0.223 e. The third-order valence-electron chi connectivity index (χ3n) is 10.2. The molecule has 240 valence electrons. The Morgan fingerprint density at radius 1 is 0.977 bits per heavy atom. The van der Waals surface area contributed by atoms with Gasteiger partial charge in [-0.2, -0.15) is 0 Å². The number of rotatable bonds is 11. The molecule has 1 amide bonds. The predicted octanol–water partition coefficient (Wildman–Crippen LogP) is 8.34. The molecule has 4 N–H and O–H groups in total. The highest BCUT2D eigenvalue weighted by atomic mass is 16.1. The van der Waals surface area contributed by atoms with Gasteiger partial charge in [0.25, 0.3) is 0 Å². The lowest BCUT2D eigenvalue weighted by Crippen LogP contribution is -2.39. The Bertz CT molecular complexity index is 1130. The fourth-order valence-electron chi connectivity index (χ4n) is 7.57. The first-order valence-electron chi connectivity index (χ1n) is 17.8. The quantitative estimate of drug-likeness (QED) is 0.244. The van der Waals surface area contributed by atoms with Crippen molar-refractivity contribution in [2.75, 3.05) is 12.8 Å². The standard InChI is InChI=1S/C36H60N6O/c1-4-16-30(38-3)24-14-17-27(2)35-41-32(33-34(37)39-25-26-42(33)35)28-18-12-13-19-29(21-15-20-28)36(43)40-31-22-10-8-6-5-7-9-11-23-31/h25-26,28-31,38H,2,4-24H2,1,3H3,(H2,37,39)(H,40,43). The van der Waals surface area contributed by atoms with Crippen molar-refractivity contribution in [3.8, 4) is 0 Å². The van der Waals surface area contributed by atoms with Crippen LogP contribution in [0.25, 0.3) is 11.1 Å². The lowest BCUT2D eigenvalue weighted by Gasteiger charge is -2.23. The van der Waals surface area contributed by atoms with Crippen LogP contribution in [-0.2, 0) is 4.79 Å². The molecule has 0 aromatic carbocycles. The van der Waals surface area contributed by atoms with E-state index in [1.807, 2.05) is 6.20 Å². The molecule has 0 aliphatic heterocycles. The summed E-state index contributed by atoms with van der Waals surface area (Å²) in [5, 5.41) is 6.96. The van der Waals surface area contributed by atoms with E-state index in [2.05, 4.69) is 40.6 Å². The highest BCUT2D eigenvalue weighted by molar-refractivity contribution is 5.79. The Hall–Kier alpha value is -2.41. The van der Waals surface area contributed by atoms with Crippen LogP contribution in [0.15, 0.2) is 19.0 Å². The number of nitrogens with one attached hydrogen (secondary N) is 2. The van der Waals surface area contributed by atoms with Crippen LogP contribution >= 0.6 is 0 Å². The van der Waals surface area contributed by atoms with E-state index in [4.69, 9.17) is 10.7 Å². The normalized spacial score (nSPS) is 22.3. The van der Waals surface area contributed by atoms with E-state index in [9.17, 15) is 4.79 Å². The largest absolute Gasteiger partial charge is 0.382 e. The minimum Gasteiger partial charge on any atom is -0.382 e. The molecular weight excluding hydrogens is 532 g/mol. The van der Waals surface area contributed by atoms with Gasteiger partial charge in [0.05, 0.1) is 5.69 Å². The zero-order valence-electron chi connectivity index (χ0n) is 27.3. The lowest BCUT2D eigenvalue weighted by atomic mass is 9.92. The second-order valence-electron chi connectivity index (χ2n) is 13.5. The summed E-state index contributed by atoms with van der Waals surface area (Å²) in [5.41, 5.74) is 9.59. The van der Waals surface area contributed by atoms with Gasteiger partial charge in [0.1, 0.15) is 17.2 Å². The summed E-state index contributed by atoms with van der Waals surface area (Å²) < 4.78 is 2.13. The van der Waals surface area contributed by atoms with Crippen LogP contribution < -0.4 is 16.4 Å². The molecule has 3 unspecified atom stereocenters. The first kappa shape index (κ1) is 33.5. The number of anilines is 1. The van der Waals surface area contributed by atoms with E-state index in [1.54, 1.807) is 6.20 Å². The summed E-state index contributed by atoms with van der Waals surface area (Å²) in [6.07, 6.45) is 28.1. The first-order chi connectivity index (χ1) is 21.0. The van der Waals surface area contributed by atoms with Gasteiger partial charge in [0.2, 0.25) is 5.91 Å². The SMILES string of the molecule is C=C(CCCC(CCC)NC)c1nc(C2CCCCC(C(=O)NC3CCCCCCCCC3)CCC2)c2c(N)nccn12. The number of hydrogen-bond donors (Lipinski definition) is 3. The summed E-state index contributed by atoms with van der Waals surface area (Å²) in [6.45, 7) is 6.71. The van der Waals surface area contributed by atoms with Gasteiger partial charge in [-0.1, -0.05) is 84.1 Å². The Morgan fingerprint density at radius 3 is 2.35 bits per heavy atom. The second kappa shape index (κ2) is 17.8. The Morgan fingerprint density at radius 2 is 1.63 bits per heavy atom. The molecule has 7 heteroatoms. The molecule has 2 aromatic heterocycles. The highest BCUT2D eigenvalue weighted by Crippen LogP contribution is 2.36. The van der Waals surface area contributed by atoms with Crippen LogP contribution in [0.4, 0.5) is 5.82 Å². The number of amides is 1. The minimum atomic E-state index is 0.129. The van der Waals surface area contributed by atoms with Gasteiger partial charge in [-0.05, 0) is 76.8 Å². The maximum absolute atomic E-state index is 13.5. The molecule has 2 heterocycles. The Labute approximate surface area is 261 Å². The van der Waals surface area contributed by atoms with Crippen LogP contribution in [0.5, 0.6) is 0 Å². The fourth-order valence-corrected chi connectivity index (χ4v) is 7.57.